The molecule has 0 aliphatic heterocycles. The van der Waals surface area contributed by atoms with Crippen LogP contribution in [0.1, 0.15) is 34.1 Å². The van der Waals surface area contributed by atoms with Gasteiger partial charge < -0.3 is 9.47 Å². The molecule has 0 saturated carbocycles. The van der Waals surface area contributed by atoms with Gasteiger partial charge in [0.2, 0.25) is 0 Å². The van der Waals surface area contributed by atoms with Gasteiger partial charge >= 0.3 is 12.4 Å². The fourth-order valence-corrected chi connectivity index (χ4v) is 3.22. The number of rotatable bonds is 8. The SMILES string of the molecule is COCC(C(=O)C(COC)c1ccc(C(F)(F)F)c(F)c1)c1ccc(C(F)(F)F)c(F)c1. The minimum Gasteiger partial charge on any atom is -0.384 e. The Labute approximate surface area is 177 Å². The summed E-state index contributed by atoms with van der Waals surface area (Å²) >= 11 is 0. The van der Waals surface area contributed by atoms with E-state index in [0.29, 0.717) is 24.3 Å². The van der Waals surface area contributed by atoms with Gasteiger partial charge in [-0.15, -0.1) is 0 Å². The predicted octanol–water partition coefficient (Wildman–Crippen LogP) is 5.73. The first kappa shape index (κ1) is 25.7. The Bertz CT molecular complexity index is 878. The monoisotopic (exact) mass is 470 g/mol. The number of methoxy groups -OCH3 is 2. The van der Waals surface area contributed by atoms with Crippen molar-refractivity contribution in [2.75, 3.05) is 27.4 Å². The Morgan fingerprint density at radius 2 is 1.09 bits per heavy atom. The van der Waals surface area contributed by atoms with Gasteiger partial charge in [0, 0.05) is 14.2 Å². The van der Waals surface area contributed by atoms with Gasteiger partial charge in [0.1, 0.15) is 11.6 Å². The molecule has 0 fully saturated rings. The number of benzene rings is 2. The number of ketones is 1. The Morgan fingerprint density at radius 3 is 1.34 bits per heavy atom. The zero-order valence-electron chi connectivity index (χ0n) is 16.8. The fraction of sp³-hybridized carbons (Fsp3) is 0.381. The Morgan fingerprint density at radius 1 is 0.750 bits per heavy atom. The van der Waals surface area contributed by atoms with Crippen molar-refractivity contribution in [1.29, 1.82) is 0 Å². The van der Waals surface area contributed by atoms with Crippen molar-refractivity contribution in [1.82, 2.24) is 0 Å². The van der Waals surface area contributed by atoms with Crippen molar-refractivity contribution >= 4 is 5.78 Å². The van der Waals surface area contributed by atoms with Crippen molar-refractivity contribution in [2.24, 2.45) is 0 Å². The third-order valence-corrected chi connectivity index (χ3v) is 4.76. The second kappa shape index (κ2) is 9.95. The van der Waals surface area contributed by atoms with Crippen molar-refractivity contribution in [3.8, 4) is 0 Å². The molecular weight excluding hydrogens is 452 g/mol. The summed E-state index contributed by atoms with van der Waals surface area (Å²) in [4.78, 5) is 13.2. The van der Waals surface area contributed by atoms with E-state index in [0.717, 1.165) is 12.1 Å². The third kappa shape index (κ3) is 5.83. The lowest BCUT2D eigenvalue weighted by Gasteiger charge is -2.23. The van der Waals surface area contributed by atoms with E-state index in [9.17, 15) is 39.9 Å². The molecule has 2 aromatic rings. The molecule has 0 aliphatic carbocycles. The fourth-order valence-electron chi connectivity index (χ4n) is 3.22. The van der Waals surface area contributed by atoms with Crippen molar-refractivity contribution in [3.05, 3.63) is 70.3 Å². The van der Waals surface area contributed by atoms with E-state index >= 15 is 0 Å². The highest BCUT2D eigenvalue weighted by atomic mass is 19.4. The van der Waals surface area contributed by atoms with E-state index in [-0.39, 0.29) is 24.3 Å². The molecule has 2 rings (SSSR count). The van der Waals surface area contributed by atoms with E-state index in [1.165, 1.54) is 14.2 Å². The van der Waals surface area contributed by atoms with Crippen LogP contribution in [0.15, 0.2) is 36.4 Å². The lowest BCUT2D eigenvalue weighted by Crippen LogP contribution is -2.27. The molecule has 0 N–H and O–H groups in total. The second-order valence-electron chi connectivity index (χ2n) is 6.89. The van der Waals surface area contributed by atoms with Crippen LogP contribution in [0.3, 0.4) is 0 Å². The zero-order chi connectivity index (χ0) is 24.3. The summed E-state index contributed by atoms with van der Waals surface area (Å²) in [6.07, 6.45) is -9.89. The van der Waals surface area contributed by atoms with Crippen LogP contribution in [0.5, 0.6) is 0 Å². The molecule has 0 spiro atoms. The average Bonchev–Trinajstić information content (AvgIpc) is 2.67. The summed E-state index contributed by atoms with van der Waals surface area (Å²) in [5.74, 6) is -6.54. The maximum Gasteiger partial charge on any atom is 0.419 e. The van der Waals surface area contributed by atoms with Gasteiger partial charge in [-0.25, -0.2) is 8.78 Å². The number of carbonyl (C=O) groups is 1. The van der Waals surface area contributed by atoms with Gasteiger partial charge in [0.25, 0.3) is 0 Å². The number of ether oxygens (including phenoxy) is 2. The van der Waals surface area contributed by atoms with Crippen LogP contribution in [0.25, 0.3) is 0 Å². The number of halogens is 8. The summed E-state index contributed by atoms with van der Waals surface area (Å²) in [7, 11) is 2.40. The molecule has 0 aliphatic rings. The van der Waals surface area contributed by atoms with Crippen molar-refractivity contribution in [2.45, 2.75) is 24.2 Å². The van der Waals surface area contributed by atoms with Crippen LogP contribution in [-0.2, 0) is 26.6 Å². The number of Topliss-reactive ketones (excluding diaryl/α,β-unsaturated/α-hetero) is 1. The van der Waals surface area contributed by atoms with Crippen molar-refractivity contribution in [3.63, 3.8) is 0 Å². The van der Waals surface area contributed by atoms with E-state index in [1.54, 1.807) is 0 Å². The maximum atomic E-state index is 14.0. The highest BCUT2D eigenvalue weighted by Gasteiger charge is 2.37. The maximum absolute atomic E-state index is 14.0. The van der Waals surface area contributed by atoms with Gasteiger partial charge in [0.05, 0.1) is 36.2 Å². The molecule has 2 unspecified atom stereocenters. The normalized spacial score (nSPS) is 14.3. The first-order valence-corrected chi connectivity index (χ1v) is 9.06. The lowest BCUT2D eigenvalue weighted by molar-refractivity contribution is -0.140. The van der Waals surface area contributed by atoms with Gasteiger partial charge in [-0.1, -0.05) is 12.1 Å². The number of carbonyl (C=O) groups excluding carboxylic acids is 1. The van der Waals surface area contributed by atoms with Crippen LogP contribution in [-0.4, -0.2) is 33.2 Å². The molecule has 0 aromatic heterocycles. The summed E-state index contributed by atoms with van der Waals surface area (Å²) in [6, 6.07) is 3.85. The van der Waals surface area contributed by atoms with E-state index in [2.05, 4.69) is 0 Å². The molecule has 3 nitrogen and oxygen atoms in total. The summed E-state index contributed by atoms with van der Waals surface area (Å²) in [6.45, 7) is -0.736. The molecule has 2 aromatic carbocycles. The smallest absolute Gasteiger partial charge is 0.384 e. The molecule has 2 atom stereocenters. The summed E-state index contributed by atoms with van der Waals surface area (Å²) < 4.78 is 115. The molecule has 176 valence electrons. The van der Waals surface area contributed by atoms with E-state index < -0.39 is 52.7 Å². The second-order valence-corrected chi connectivity index (χ2v) is 6.89. The number of hydrogen-bond donors (Lipinski definition) is 0. The van der Waals surface area contributed by atoms with Crippen LogP contribution >= 0.6 is 0 Å². The largest absolute Gasteiger partial charge is 0.419 e. The Hall–Kier alpha value is -2.53. The summed E-state index contributed by atoms with van der Waals surface area (Å²) in [5.41, 5.74) is -3.34. The van der Waals surface area contributed by atoms with Gasteiger partial charge in [-0.3, -0.25) is 4.79 Å². The standard InChI is InChI=1S/C21H18F8O3/c1-31-9-13(11-3-5-15(17(22)7-11)20(24,25)26)19(30)14(10-32-2)12-4-6-16(18(23)8-12)21(27,28)29/h3-8,13-14H,9-10H2,1-2H3. The topological polar surface area (TPSA) is 35.5 Å². The van der Waals surface area contributed by atoms with Gasteiger partial charge in [0.15, 0.2) is 5.78 Å². The molecule has 0 radical (unpaired) electrons. The minimum absolute atomic E-state index is 0.143. The first-order valence-electron chi connectivity index (χ1n) is 9.06. The average molecular weight is 470 g/mol. The molecule has 32 heavy (non-hydrogen) atoms. The van der Waals surface area contributed by atoms with Crippen LogP contribution in [0.4, 0.5) is 35.1 Å². The third-order valence-electron chi connectivity index (χ3n) is 4.76. The molecule has 0 heterocycles. The predicted molar refractivity (Wildman–Crippen MR) is 97.0 cm³/mol. The van der Waals surface area contributed by atoms with E-state index in [1.807, 2.05) is 0 Å². The number of hydrogen-bond acceptors (Lipinski definition) is 3. The number of alkyl halides is 6. The highest BCUT2D eigenvalue weighted by molar-refractivity contribution is 5.92. The molecule has 11 heteroatoms. The van der Waals surface area contributed by atoms with Gasteiger partial charge in [-0.05, 0) is 35.4 Å². The molecule has 0 amide bonds. The van der Waals surface area contributed by atoms with Crippen LogP contribution in [0.2, 0.25) is 0 Å². The van der Waals surface area contributed by atoms with Crippen LogP contribution in [0, 0.1) is 11.6 Å². The van der Waals surface area contributed by atoms with Crippen molar-refractivity contribution < 1.29 is 49.4 Å². The highest BCUT2D eigenvalue weighted by Crippen LogP contribution is 2.36. The molecular formula is C21H18F8O3. The Kier molecular flexibility index (Phi) is 8.00. The van der Waals surface area contributed by atoms with Gasteiger partial charge in [-0.2, -0.15) is 26.3 Å². The van der Waals surface area contributed by atoms with Crippen LogP contribution < -0.4 is 0 Å². The Balaban J connectivity index is 2.47. The lowest BCUT2D eigenvalue weighted by atomic mass is 9.83. The minimum atomic E-state index is -4.94. The molecule has 0 saturated heterocycles. The summed E-state index contributed by atoms with van der Waals surface area (Å²) in [5, 5.41) is 0. The molecule has 0 bridgehead atoms. The first-order chi connectivity index (χ1) is 14.8. The quantitative estimate of drug-likeness (QED) is 0.463. The van der Waals surface area contributed by atoms with E-state index in [4.69, 9.17) is 9.47 Å². The zero-order valence-corrected chi connectivity index (χ0v) is 16.8.